The van der Waals surface area contributed by atoms with Crippen molar-refractivity contribution in [2.75, 3.05) is 19.8 Å². The second kappa shape index (κ2) is 4.79. The van der Waals surface area contributed by atoms with Crippen LogP contribution in [0.5, 0.6) is 0 Å². The van der Waals surface area contributed by atoms with Crippen LogP contribution in [0.25, 0.3) is 0 Å². The Hall–Kier alpha value is -0.840. The van der Waals surface area contributed by atoms with Crippen LogP contribution in [0.1, 0.15) is 24.0 Å². The van der Waals surface area contributed by atoms with E-state index in [0.29, 0.717) is 6.04 Å². The van der Waals surface area contributed by atoms with Gasteiger partial charge in [-0.3, -0.25) is 0 Å². The monoisotopic (exact) mass is 210 g/mol. The van der Waals surface area contributed by atoms with E-state index < -0.39 is 0 Å². The Kier molecular flexibility index (Phi) is 3.41. The van der Waals surface area contributed by atoms with Gasteiger partial charge in [-0.25, -0.2) is 0 Å². The minimum atomic E-state index is -0.0436. The first kappa shape index (κ1) is 10.7. The molecule has 1 aliphatic heterocycles. The van der Waals surface area contributed by atoms with Crippen LogP contribution in [0.15, 0.2) is 16.5 Å². The van der Waals surface area contributed by atoms with Crippen LogP contribution in [0.3, 0.4) is 0 Å². The maximum absolute atomic E-state index is 6.05. The first-order valence-electron chi connectivity index (χ1n) is 5.39. The minimum Gasteiger partial charge on any atom is -0.465 e. The molecule has 0 radical (unpaired) electrons. The number of nitrogens with one attached hydrogen (secondary N) is 1. The fraction of sp³-hybridized carbons (Fsp3) is 0.636. The largest absolute Gasteiger partial charge is 0.465 e. The van der Waals surface area contributed by atoms with Crippen molar-refractivity contribution in [1.82, 2.24) is 5.32 Å². The maximum Gasteiger partial charge on any atom is 0.120 e. The summed E-state index contributed by atoms with van der Waals surface area (Å²) in [6, 6.07) is 4.20. The van der Waals surface area contributed by atoms with Crippen molar-refractivity contribution in [1.29, 1.82) is 0 Å². The summed E-state index contributed by atoms with van der Waals surface area (Å²) in [5.74, 6) is 1.77. The van der Waals surface area contributed by atoms with Gasteiger partial charge >= 0.3 is 0 Å². The van der Waals surface area contributed by atoms with E-state index in [9.17, 15) is 0 Å². The van der Waals surface area contributed by atoms with Crippen LogP contribution in [0.4, 0.5) is 0 Å². The van der Waals surface area contributed by atoms with Crippen LogP contribution < -0.4 is 11.1 Å². The van der Waals surface area contributed by atoms with Crippen molar-refractivity contribution < 1.29 is 9.15 Å². The molecular formula is C11H18N2O2. The third-order valence-electron chi connectivity index (χ3n) is 2.66. The second-order valence-electron chi connectivity index (χ2n) is 4.02. The summed E-state index contributed by atoms with van der Waals surface area (Å²) in [5.41, 5.74) is 6.05. The number of ether oxygens (including phenoxy) is 1. The van der Waals surface area contributed by atoms with Crippen LogP contribution in [-0.4, -0.2) is 25.8 Å². The Morgan fingerprint density at radius 2 is 2.47 bits per heavy atom. The maximum atomic E-state index is 6.05. The van der Waals surface area contributed by atoms with Gasteiger partial charge < -0.3 is 20.2 Å². The number of rotatable bonds is 3. The lowest BCUT2D eigenvalue weighted by Crippen LogP contribution is -2.42. The third kappa shape index (κ3) is 2.81. The Morgan fingerprint density at radius 1 is 1.60 bits per heavy atom. The zero-order chi connectivity index (χ0) is 10.7. The highest BCUT2D eigenvalue weighted by atomic mass is 16.5. The first-order chi connectivity index (χ1) is 7.25. The molecule has 2 atom stereocenters. The van der Waals surface area contributed by atoms with Gasteiger partial charge in [0.05, 0.1) is 19.3 Å². The number of hydrogen-bond donors (Lipinski definition) is 2. The number of hydrogen-bond acceptors (Lipinski definition) is 4. The average Bonchev–Trinajstić information content (AvgIpc) is 2.66. The quantitative estimate of drug-likeness (QED) is 0.780. The van der Waals surface area contributed by atoms with E-state index in [1.54, 1.807) is 0 Å². The molecule has 1 fully saturated rings. The van der Waals surface area contributed by atoms with Crippen LogP contribution in [0, 0.1) is 6.92 Å². The molecule has 84 valence electrons. The molecule has 0 spiro atoms. The lowest BCUT2D eigenvalue weighted by molar-refractivity contribution is 0.0712. The predicted molar refractivity (Wildman–Crippen MR) is 57.6 cm³/mol. The van der Waals surface area contributed by atoms with Crippen molar-refractivity contribution >= 4 is 0 Å². The Morgan fingerprint density at radius 3 is 3.07 bits per heavy atom. The summed E-state index contributed by atoms with van der Waals surface area (Å²) in [7, 11) is 0. The van der Waals surface area contributed by atoms with Gasteiger partial charge in [-0.2, -0.15) is 0 Å². The summed E-state index contributed by atoms with van der Waals surface area (Å²) in [6.07, 6.45) is 0.854. The zero-order valence-electron chi connectivity index (χ0n) is 9.03. The van der Waals surface area contributed by atoms with E-state index in [1.807, 2.05) is 19.1 Å². The summed E-state index contributed by atoms with van der Waals surface area (Å²) in [5, 5.41) is 3.38. The number of furan rings is 1. The molecule has 1 aromatic heterocycles. The van der Waals surface area contributed by atoms with Crippen molar-refractivity contribution in [2.24, 2.45) is 5.73 Å². The molecule has 2 heterocycles. The topological polar surface area (TPSA) is 60.4 Å². The molecule has 1 aromatic rings. The fourth-order valence-corrected chi connectivity index (χ4v) is 1.85. The molecule has 2 unspecified atom stereocenters. The number of morpholine rings is 1. The molecule has 3 N–H and O–H groups in total. The van der Waals surface area contributed by atoms with Gasteiger partial charge in [0, 0.05) is 12.6 Å². The number of aryl methyl sites for hydroxylation is 1. The van der Waals surface area contributed by atoms with Crippen molar-refractivity contribution in [3.8, 4) is 0 Å². The Labute approximate surface area is 89.8 Å². The highest BCUT2D eigenvalue weighted by Gasteiger charge is 2.19. The standard InChI is InChI=1S/C11H18N2O2/c1-8-2-3-11(15-8)10(12)6-9-7-14-5-4-13-9/h2-3,9-10,13H,4-7,12H2,1H3. The van der Waals surface area contributed by atoms with Gasteiger partial charge in [0.1, 0.15) is 11.5 Å². The molecular weight excluding hydrogens is 192 g/mol. The molecule has 1 saturated heterocycles. The van der Waals surface area contributed by atoms with Gasteiger partial charge in [-0.1, -0.05) is 0 Å². The molecule has 4 nitrogen and oxygen atoms in total. The molecule has 0 bridgehead atoms. The highest BCUT2D eigenvalue weighted by Crippen LogP contribution is 2.19. The van der Waals surface area contributed by atoms with Crippen molar-refractivity contribution in [2.45, 2.75) is 25.4 Å². The van der Waals surface area contributed by atoms with Crippen molar-refractivity contribution in [3.05, 3.63) is 23.7 Å². The third-order valence-corrected chi connectivity index (χ3v) is 2.66. The van der Waals surface area contributed by atoms with E-state index in [-0.39, 0.29) is 6.04 Å². The van der Waals surface area contributed by atoms with Crippen molar-refractivity contribution in [3.63, 3.8) is 0 Å². The van der Waals surface area contributed by atoms with E-state index in [0.717, 1.165) is 37.7 Å². The average molecular weight is 210 g/mol. The normalized spacial score (nSPS) is 24.0. The van der Waals surface area contributed by atoms with Crippen LogP contribution in [-0.2, 0) is 4.74 Å². The molecule has 4 heteroatoms. The summed E-state index contributed by atoms with van der Waals surface area (Å²) < 4.78 is 10.9. The second-order valence-corrected chi connectivity index (χ2v) is 4.02. The van der Waals surface area contributed by atoms with Gasteiger partial charge in [0.2, 0.25) is 0 Å². The first-order valence-corrected chi connectivity index (χ1v) is 5.39. The smallest absolute Gasteiger partial charge is 0.120 e. The lowest BCUT2D eigenvalue weighted by atomic mass is 10.1. The predicted octanol–water partition coefficient (Wildman–Crippen LogP) is 0.966. The molecule has 0 aromatic carbocycles. The summed E-state index contributed by atoms with van der Waals surface area (Å²) >= 11 is 0. The molecule has 15 heavy (non-hydrogen) atoms. The molecule has 1 aliphatic rings. The molecule has 0 saturated carbocycles. The van der Waals surface area contributed by atoms with E-state index in [1.165, 1.54) is 0 Å². The summed E-state index contributed by atoms with van der Waals surface area (Å²) in [4.78, 5) is 0. The van der Waals surface area contributed by atoms with Crippen LogP contribution >= 0.6 is 0 Å². The van der Waals surface area contributed by atoms with Gasteiger partial charge in [0.15, 0.2) is 0 Å². The minimum absolute atomic E-state index is 0.0436. The Bertz CT molecular complexity index is 305. The lowest BCUT2D eigenvalue weighted by Gasteiger charge is -2.25. The van der Waals surface area contributed by atoms with Crippen LogP contribution in [0.2, 0.25) is 0 Å². The van der Waals surface area contributed by atoms with Gasteiger partial charge in [0.25, 0.3) is 0 Å². The molecule has 0 aliphatic carbocycles. The van der Waals surface area contributed by atoms with E-state index in [2.05, 4.69) is 5.32 Å². The zero-order valence-corrected chi connectivity index (χ0v) is 9.03. The highest BCUT2D eigenvalue weighted by molar-refractivity contribution is 5.09. The fourth-order valence-electron chi connectivity index (χ4n) is 1.85. The molecule has 0 amide bonds. The SMILES string of the molecule is Cc1ccc(C(N)CC2COCCN2)o1. The van der Waals surface area contributed by atoms with E-state index >= 15 is 0 Å². The van der Waals surface area contributed by atoms with Gasteiger partial charge in [-0.05, 0) is 25.5 Å². The summed E-state index contributed by atoms with van der Waals surface area (Å²) in [6.45, 7) is 4.38. The van der Waals surface area contributed by atoms with Gasteiger partial charge in [-0.15, -0.1) is 0 Å². The van der Waals surface area contributed by atoms with E-state index in [4.69, 9.17) is 14.9 Å². The Balaban J connectivity index is 1.88. The molecule has 2 rings (SSSR count). The number of nitrogens with two attached hydrogens (primary N) is 1.